The van der Waals surface area contributed by atoms with Crippen molar-refractivity contribution < 1.29 is 22.0 Å². The van der Waals surface area contributed by atoms with Gasteiger partial charge in [-0.1, -0.05) is 12.1 Å². The molecule has 0 aliphatic carbocycles. The minimum absolute atomic E-state index is 0.0173. The Hall–Kier alpha value is -1.36. The largest absolute Gasteiger partial charge is 0.341 e. The molecule has 10 heteroatoms. The number of halogens is 3. The van der Waals surface area contributed by atoms with Crippen LogP contribution < -0.4 is 5.32 Å². The molecule has 0 radical (unpaired) electrons. The smallest absolute Gasteiger partial charge is 0.324 e. The lowest BCUT2D eigenvalue weighted by Gasteiger charge is -2.16. The quantitative estimate of drug-likeness (QED) is 0.696. The second-order valence-corrected chi connectivity index (χ2v) is 9.46. The second kappa shape index (κ2) is 8.35. The van der Waals surface area contributed by atoms with E-state index < -0.39 is 26.4 Å². The van der Waals surface area contributed by atoms with Gasteiger partial charge in [0.25, 0.3) is 0 Å². The highest BCUT2D eigenvalue weighted by atomic mass is 79.9. The summed E-state index contributed by atoms with van der Waals surface area (Å²) in [6, 6.07) is 7.05. The number of alkyl halides is 2. The van der Waals surface area contributed by atoms with Gasteiger partial charge >= 0.3 is 5.76 Å². The first-order chi connectivity index (χ1) is 11.7. The van der Waals surface area contributed by atoms with Crippen LogP contribution in [0.3, 0.4) is 0 Å². The van der Waals surface area contributed by atoms with Crippen molar-refractivity contribution in [2.75, 3.05) is 18.9 Å². The molecule has 1 amide bonds. The summed E-state index contributed by atoms with van der Waals surface area (Å²) in [5.41, 5.74) is 0.868. The van der Waals surface area contributed by atoms with Crippen LogP contribution in [0.15, 0.2) is 44.4 Å². The predicted octanol–water partition coefficient (Wildman–Crippen LogP) is 3.58. The third-order valence-electron chi connectivity index (χ3n) is 3.19. The molecular formula is C15H15BrF2N2O3S2. The molecule has 1 heterocycles. The number of sulfone groups is 1. The second-order valence-electron chi connectivity index (χ2n) is 5.28. The van der Waals surface area contributed by atoms with Crippen molar-refractivity contribution >= 4 is 48.7 Å². The lowest BCUT2D eigenvalue weighted by molar-refractivity contribution is -0.117. The summed E-state index contributed by atoms with van der Waals surface area (Å²) in [6.07, 6.45) is 0. The molecule has 25 heavy (non-hydrogen) atoms. The Morgan fingerprint density at radius 2 is 2.04 bits per heavy atom. The molecule has 1 N–H and O–H groups in total. The van der Waals surface area contributed by atoms with Crippen LogP contribution in [0.4, 0.5) is 14.5 Å². The molecule has 2 aromatic rings. The van der Waals surface area contributed by atoms with Crippen LogP contribution in [0, 0.1) is 0 Å². The maximum Gasteiger partial charge on any atom is 0.341 e. The number of hydrogen-bond donors (Lipinski definition) is 1. The van der Waals surface area contributed by atoms with Crippen LogP contribution in [0.5, 0.6) is 0 Å². The van der Waals surface area contributed by atoms with Crippen molar-refractivity contribution in [3.8, 4) is 0 Å². The normalized spacial score (nSPS) is 11.9. The first-order valence-corrected chi connectivity index (χ1v) is 10.2. The average Bonchev–Trinajstić information content (AvgIpc) is 2.92. The molecule has 136 valence electrons. The SMILES string of the molecule is CN(CC(=O)Nc1ccccc1S(=O)(=O)C(F)F)Cc1csc(Br)c1. The molecule has 0 atom stereocenters. The van der Waals surface area contributed by atoms with E-state index in [-0.39, 0.29) is 12.2 Å². The van der Waals surface area contributed by atoms with Crippen molar-refractivity contribution in [2.45, 2.75) is 17.2 Å². The lowest BCUT2D eigenvalue weighted by atomic mass is 10.3. The fourth-order valence-corrected chi connectivity index (χ4v) is 4.23. The third-order valence-corrected chi connectivity index (χ3v) is 6.18. The molecular weight excluding hydrogens is 438 g/mol. The van der Waals surface area contributed by atoms with Crippen molar-refractivity contribution in [3.63, 3.8) is 0 Å². The number of rotatable bonds is 7. The van der Waals surface area contributed by atoms with Crippen LogP contribution >= 0.6 is 27.3 Å². The van der Waals surface area contributed by atoms with E-state index in [0.29, 0.717) is 6.54 Å². The summed E-state index contributed by atoms with van der Waals surface area (Å²) in [4.78, 5) is 13.3. The van der Waals surface area contributed by atoms with Gasteiger partial charge < -0.3 is 5.32 Å². The van der Waals surface area contributed by atoms with Gasteiger partial charge in [0, 0.05) is 6.54 Å². The zero-order valence-electron chi connectivity index (χ0n) is 13.1. The summed E-state index contributed by atoms with van der Waals surface area (Å²) in [7, 11) is -3.06. The number of carbonyl (C=O) groups excluding carboxylic acids is 1. The lowest BCUT2D eigenvalue weighted by Crippen LogP contribution is -2.30. The Kier molecular flexibility index (Phi) is 6.66. The number of anilines is 1. The number of nitrogens with zero attached hydrogens (tertiary/aromatic N) is 1. The highest BCUT2D eigenvalue weighted by Crippen LogP contribution is 2.26. The van der Waals surface area contributed by atoms with Gasteiger partial charge in [-0.15, -0.1) is 11.3 Å². The fraction of sp³-hybridized carbons (Fsp3) is 0.267. The van der Waals surface area contributed by atoms with E-state index in [0.717, 1.165) is 15.4 Å². The van der Waals surface area contributed by atoms with E-state index in [1.54, 1.807) is 11.9 Å². The van der Waals surface area contributed by atoms with Crippen LogP contribution in [0.2, 0.25) is 0 Å². The van der Waals surface area contributed by atoms with Gasteiger partial charge in [0.2, 0.25) is 15.7 Å². The van der Waals surface area contributed by atoms with E-state index in [2.05, 4.69) is 21.2 Å². The van der Waals surface area contributed by atoms with Gasteiger partial charge in [0.05, 0.1) is 20.9 Å². The Bertz CT molecular complexity index is 856. The molecule has 0 aliphatic heterocycles. The Morgan fingerprint density at radius 3 is 2.64 bits per heavy atom. The molecule has 2 rings (SSSR count). The van der Waals surface area contributed by atoms with E-state index in [1.165, 1.54) is 29.5 Å². The maximum atomic E-state index is 12.8. The maximum absolute atomic E-state index is 12.8. The predicted molar refractivity (Wildman–Crippen MR) is 96.6 cm³/mol. The van der Waals surface area contributed by atoms with Gasteiger partial charge in [-0.2, -0.15) is 8.78 Å². The van der Waals surface area contributed by atoms with E-state index in [1.807, 2.05) is 11.4 Å². The number of thiophene rings is 1. The van der Waals surface area contributed by atoms with Gasteiger partial charge in [-0.3, -0.25) is 9.69 Å². The highest BCUT2D eigenvalue weighted by Gasteiger charge is 2.29. The minimum atomic E-state index is -4.79. The first kappa shape index (κ1) is 20.0. The summed E-state index contributed by atoms with van der Waals surface area (Å²) in [5, 5.41) is 4.34. The molecule has 0 unspecified atom stereocenters. The van der Waals surface area contributed by atoms with Crippen molar-refractivity contribution in [1.82, 2.24) is 4.90 Å². The Labute approximate surface area is 156 Å². The molecule has 0 saturated heterocycles. The van der Waals surface area contributed by atoms with Crippen LogP contribution in [0.1, 0.15) is 5.56 Å². The number of para-hydroxylation sites is 1. The fourth-order valence-electron chi connectivity index (χ4n) is 2.15. The molecule has 1 aromatic heterocycles. The molecule has 0 saturated carbocycles. The molecule has 1 aromatic carbocycles. The Balaban J connectivity index is 2.06. The standard InChI is InChI=1S/C15H15BrF2N2O3S2/c1-20(7-10-6-13(16)24-9-10)8-14(21)19-11-4-2-3-5-12(11)25(22,23)15(17)18/h2-6,9,15H,7-8H2,1H3,(H,19,21). The molecule has 0 bridgehead atoms. The van der Waals surface area contributed by atoms with Crippen molar-refractivity contribution in [1.29, 1.82) is 0 Å². The van der Waals surface area contributed by atoms with Gasteiger partial charge in [0.15, 0.2) is 0 Å². The number of amides is 1. The summed E-state index contributed by atoms with van der Waals surface area (Å²) < 4.78 is 49.9. The summed E-state index contributed by atoms with van der Waals surface area (Å²) in [5.74, 6) is -4.04. The van der Waals surface area contributed by atoms with Crippen LogP contribution in [0.25, 0.3) is 0 Å². The third kappa shape index (κ3) is 5.30. The Morgan fingerprint density at radius 1 is 1.36 bits per heavy atom. The summed E-state index contributed by atoms with van der Waals surface area (Å²) >= 11 is 4.88. The monoisotopic (exact) mass is 452 g/mol. The molecule has 5 nitrogen and oxygen atoms in total. The molecule has 0 aliphatic rings. The number of nitrogens with one attached hydrogen (secondary N) is 1. The van der Waals surface area contributed by atoms with E-state index in [4.69, 9.17) is 0 Å². The topological polar surface area (TPSA) is 66.5 Å². The van der Waals surface area contributed by atoms with E-state index in [9.17, 15) is 22.0 Å². The van der Waals surface area contributed by atoms with Crippen molar-refractivity contribution in [2.24, 2.45) is 0 Å². The first-order valence-electron chi connectivity index (χ1n) is 7.02. The van der Waals surface area contributed by atoms with Crippen molar-refractivity contribution in [3.05, 3.63) is 45.1 Å². The van der Waals surface area contributed by atoms with Gasteiger partial charge in [-0.05, 0) is 52.1 Å². The van der Waals surface area contributed by atoms with Gasteiger partial charge in [0.1, 0.15) is 0 Å². The number of likely N-dealkylation sites (N-methyl/N-ethyl adjacent to an activating group) is 1. The number of carbonyl (C=O) groups is 1. The number of benzene rings is 1. The zero-order chi connectivity index (χ0) is 18.6. The van der Waals surface area contributed by atoms with E-state index >= 15 is 0 Å². The minimum Gasteiger partial charge on any atom is -0.324 e. The van der Waals surface area contributed by atoms with Crippen LogP contribution in [-0.2, 0) is 21.2 Å². The molecule has 0 spiro atoms. The van der Waals surface area contributed by atoms with Gasteiger partial charge in [-0.25, -0.2) is 8.42 Å². The average molecular weight is 453 g/mol. The number of hydrogen-bond acceptors (Lipinski definition) is 5. The highest BCUT2D eigenvalue weighted by molar-refractivity contribution is 9.11. The molecule has 0 fully saturated rings. The summed E-state index contributed by atoms with van der Waals surface area (Å²) in [6.45, 7) is 0.503. The van der Waals surface area contributed by atoms with Crippen LogP contribution in [-0.4, -0.2) is 38.6 Å². The zero-order valence-corrected chi connectivity index (χ0v) is 16.3.